The van der Waals surface area contributed by atoms with Crippen LogP contribution in [0, 0.1) is 17.8 Å². The molecule has 1 fully saturated rings. The highest BCUT2D eigenvalue weighted by molar-refractivity contribution is 5.41. The molecule has 3 nitrogen and oxygen atoms in total. The molecule has 1 heterocycles. The Balaban J connectivity index is 2.02. The first-order chi connectivity index (χ1) is 9.83. The number of nitrogens with two attached hydrogens (primary N) is 1. The highest BCUT2D eigenvalue weighted by atomic mass is 16.3. The van der Waals surface area contributed by atoms with Gasteiger partial charge in [0.05, 0.1) is 6.54 Å². The number of hydrogen-bond acceptors (Lipinski definition) is 3. The van der Waals surface area contributed by atoms with E-state index >= 15 is 0 Å². The molecule has 0 radical (unpaired) electrons. The second-order valence-electron chi connectivity index (χ2n) is 5.42. The number of aliphatic hydroxyl groups excluding tert-OH is 1. The molecule has 3 N–H and O–H groups in total. The van der Waals surface area contributed by atoms with Gasteiger partial charge in [-0.1, -0.05) is 30.0 Å². The van der Waals surface area contributed by atoms with Crippen molar-refractivity contribution in [3.63, 3.8) is 0 Å². The maximum Gasteiger partial charge on any atom is 0.0555 e. The molecule has 1 saturated heterocycles. The van der Waals surface area contributed by atoms with Crippen LogP contribution in [0.3, 0.4) is 0 Å². The van der Waals surface area contributed by atoms with E-state index in [1.165, 1.54) is 18.4 Å². The Hall–Kier alpha value is -1.34. The Morgan fingerprint density at radius 2 is 2.20 bits per heavy atom. The Kier molecular flexibility index (Phi) is 6.07. The molecule has 1 atom stereocenters. The predicted molar refractivity (Wildman–Crippen MR) is 82.1 cm³/mol. The molecule has 0 bridgehead atoms. The molecular weight excluding hydrogens is 248 g/mol. The van der Waals surface area contributed by atoms with E-state index < -0.39 is 0 Å². The Labute approximate surface area is 121 Å². The van der Waals surface area contributed by atoms with Crippen molar-refractivity contribution in [1.82, 2.24) is 4.90 Å². The molecule has 20 heavy (non-hydrogen) atoms. The van der Waals surface area contributed by atoms with Crippen LogP contribution >= 0.6 is 0 Å². The highest BCUT2D eigenvalue weighted by Crippen LogP contribution is 2.21. The summed E-state index contributed by atoms with van der Waals surface area (Å²) >= 11 is 0. The topological polar surface area (TPSA) is 49.5 Å². The van der Waals surface area contributed by atoms with Crippen LogP contribution in [0.1, 0.15) is 30.4 Å². The molecule has 1 aromatic rings. The van der Waals surface area contributed by atoms with Crippen LogP contribution in [-0.2, 0) is 6.54 Å². The monoisotopic (exact) mass is 272 g/mol. The average Bonchev–Trinajstić information content (AvgIpc) is 2.47. The summed E-state index contributed by atoms with van der Waals surface area (Å²) in [5.41, 5.74) is 7.82. The summed E-state index contributed by atoms with van der Waals surface area (Å²) in [5, 5.41) is 9.09. The van der Waals surface area contributed by atoms with Gasteiger partial charge in [0.15, 0.2) is 0 Å². The van der Waals surface area contributed by atoms with Crippen molar-refractivity contribution in [3.05, 3.63) is 35.4 Å². The Morgan fingerprint density at radius 3 is 3.00 bits per heavy atom. The van der Waals surface area contributed by atoms with Crippen molar-refractivity contribution in [1.29, 1.82) is 0 Å². The molecule has 1 aliphatic rings. The minimum atomic E-state index is 0.303. The predicted octanol–water partition coefficient (Wildman–Crippen LogP) is 1.59. The van der Waals surface area contributed by atoms with E-state index in [0.717, 1.165) is 31.6 Å². The number of piperidine rings is 1. The Morgan fingerprint density at radius 1 is 1.35 bits per heavy atom. The minimum absolute atomic E-state index is 0.303. The maximum atomic E-state index is 9.09. The van der Waals surface area contributed by atoms with Crippen molar-refractivity contribution < 1.29 is 5.11 Å². The molecule has 0 saturated carbocycles. The summed E-state index contributed by atoms with van der Waals surface area (Å²) in [4.78, 5) is 2.48. The first-order valence-corrected chi connectivity index (χ1v) is 7.43. The molecule has 0 amide bonds. The standard InChI is InChI=1S/C17H24N2O/c18-10-3-8-16-6-1-2-7-17(16)14-19-11-4-5-15(13-19)9-12-20/h1-2,6-7,15,20H,4-5,9-14,18H2. The van der Waals surface area contributed by atoms with Crippen molar-refractivity contribution in [2.24, 2.45) is 11.7 Å². The molecule has 1 unspecified atom stereocenters. The molecule has 1 aromatic carbocycles. The number of hydrogen-bond donors (Lipinski definition) is 2. The van der Waals surface area contributed by atoms with E-state index in [1.807, 2.05) is 6.07 Å². The van der Waals surface area contributed by atoms with Gasteiger partial charge in [0.2, 0.25) is 0 Å². The average molecular weight is 272 g/mol. The number of aliphatic hydroxyl groups is 1. The summed E-state index contributed by atoms with van der Waals surface area (Å²) in [6.45, 7) is 3.87. The maximum absolute atomic E-state index is 9.09. The van der Waals surface area contributed by atoms with Crippen LogP contribution < -0.4 is 5.73 Å². The van der Waals surface area contributed by atoms with Gasteiger partial charge in [-0.25, -0.2) is 0 Å². The van der Waals surface area contributed by atoms with Crippen LogP contribution in [0.15, 0.2) is 24.3 Å². The third-order valence-corrected chi connectivity index (χ3v) is 3.88. The van der Waals surface area contributed by atoms with Gasteiger partial charge in [-0.3, -0.25) is 4.90 Å². The summed E-state index contributed by atoms with van der Waals surface area (Å²) < 4.78 is 0. The fourth-order valence-corrected chi connectivity index (χ4v) is 2.88. The molecule has 0 aliphatic carbocycles. The molecule has 3 heteroatoms. The van der Waals surface area contributed by atoms with Gasteiger partial charge in [-0.15, -0.1) is 0 Å². The lowest BCUT2D eigenvalue weighted by molar-refractivity contribution is 0.142. The zero-order valence-corrected chi connectivity index (χ0v) is 12.0. The lowest BCUT2D eigenvalue weighted by atomic mass is 9.94. The first-order valence-electron chi connectivity index (χ1n) is 7.43. The summed E-state index contributed by atoms with van der Waals surface area (Å²) in [7, 11) is 0. The molecule has 2 rings (SSSR count). The van der Waals surface area contributed by atoms with Gasteiger partial charge in [0.1, 0.15) is 0 Å². The lowest BCUT2D eigenvalue weighted by Gasteiger charge is -2.32. The van der Waals surface area contributed by atoms with E-state index in [0.29, 0.717) is 19.1 Å². The Bertz CT molecular complexity index is 473. The van der Waals surface area contributed by atoms with E-state index in [2.05, 4.69) is 34.9 Å². The van der Waals surface area contributed by atoms with Crippen LogP contribution in [-0.4, -0.2) is 36.2 Å². The second-order valence-corrected chi connectivity index (χ2v) is 5.42. The summed E-state index contributed by atoms with van der Waals surface area (Å²) in [5.74, 6) is 6.73. The van der Waals surface area contributed by atoms with E-state index in [-0.39, 0.29) is 0 Å². The largest absolute Gasteiger partial charge is 0.396 e. The molecule has 0 spiro atoms. The van der Waals surface area contributed by atoms with Crippen LogP contribution in [0.4, 0.5) is 0 Å². The smallest absolute Gasteiger partial charge is 0.0555 e. The van der Waals surface area contributed by atoms with Gasteiger partial charge >= 0.3 is 0 Å². The SMILES string of the molecule is NCC#Cc1ccccc1CN1CCCC(CCO)C1. The fourth-order valence-electron chi connectivity index (χ4n) is 2.88. The van der Waals surface area contributed by atoms with Gasteiger partial charge in [0, 0.05) is 25.3 Å². The van der Waals surface area contributed by atoms with E-state index in [9.17, 15) is 0 Å². The quantitative estimate of drug-likeness (QED) is 0.818. The number of likely N-dealkylation sites (tertiary alicyclic amines) is 1. The minimum Gasteiger partial charge on any atom is -0.396 e. The van der Waals surface area contributed by atoms with Gasteiger partial charge < -0.3 is 10.8 Å². The molecule has 0 aromatic heterocycles. The highest BCUT2D eigenvalue weighted by Gasteiger charge is 2.19. The van der Waals surface area contributed by atoms with Crippen LogP contribution in [0.5, 0.6) is 0 Å². The zero-order chi connectivity index (χ0) is 14.2. The molecular formula is C17H24N2O. The van der Waals surface area contributed by atoms with Gasteiger partial charge in [0.25, 0.3) is 0 Å². The van der Waals surface area contributed by atoms with Crippen LogP contribution in [0.2, 0.25) is 0 Å². The van der Waals surface area contributed by atoms with Crippen molar-refractivity contribution >= 4 is 0 Å². The summed E-state index contributed by atoms with van der Waals surface area (Å²) in [6.07, 6.45) is 3.39. The number of benzene rings is 1. The third kappa shape index (κ3) is 4.35. The molecule has 1 aliphatic heterocycles. The second kappa shape index (κ2) is 8.06. The number of rotatable bonds is 4. The zero-order valence-electron chi connectivity index (χ0n) is 12.0. The lowest BCUT2D eigenvalue weighted by Crippen LogP contribution is -2.35. The van der Waals surface area contributed by atoms with Crippen LogP contribution in [0.25, 0.3) is 0 Å². The van der Waals surface area contributed by atoms with Crippen molar-refractivity contribution in [2.45, 2.75) is 25.8 Å². The normalized spacial score (nSPS) is 19.4. The first kappa shape index (κ1) is 15.1. The van der Waals surface area contributed by atoms with E-state index in [1.54, 1.807) is 0 Å². The van der Waals surface area contributed by atoms with Crippen molar-refractivity contribution in [3.8, 4) is 11.8 Å². The fraction of sp³-hybridized carbons (Fsp3) is 0.529. The van der Waals surface area contributed by atoms with Crippen molar-refractivity contribution in [2.75, 3.05) is 26.2 Å². The van der Waals surface area contributed by atoms with Gasteiger partial charge in [-0.05, 0) is 43.4 Å². The van der Waals surface area contributed by atoms with E-state index in [4.69, 9.17) is 10.8 Å². The third-order valence-electron chi connectivity index (χ3n) is 3.88. The summed E-state index contributed by atoms with van der Waals surface area (Å²) in [6, 6.07) is 8.30. The van der Waals surface area contributed by atoms with Gasteiger partial charge in [-0.2, -0.15) is 0 Å². The molecule has 108 valence electrons. The number of nitrogens with zero attached hydrogens (tertiary/aromatic N) is 1.